The van der Waals surface area contributed by atoms with E-state index in [1.807, 2.05) is 55.5 Å². The lowest BCUT2D eigenvalue weighted by molar-refractivity contribution is -0.123. The number of unbranched alkanes of at least 4 members (excludes halogenated alkanes) is 1. The molecule has 2 aromatic rings. The summed E-state index contributed by atoms with van der Waals surface area (Å²) in [5.41, 5.74) is 5.63. The molecule has 0 aromatic heterocycles. The van der Waals surface area contributed by atoms with Crippen molar-refractivity contribution in [3.63, 3.8) is 0 Å². The molecule has 0 radical (unpaired) electrons. The van der Waals surface area contributed by atoms with Crippen LogP contribution >= 0.6 is 15.9 Å². The second-order valence-corrected chi connectivity index (χ2v) is 6.64. The van der Waals surface area contributed by atoms with E-state index < -0.39 is 0 Å². The average molecular weight is 403 g/mol. The van der Waals surface area contributed by atoms with Crippen molar-refractivity contribution in [3.8, 4) is 5.75 Å². The molecule has 0 saturated heterocycles. The van der Waals surface area contributed by atoms with Gasteiger partial charge in [-0.15, -0.1) is 0 Å². The number of carbonyl (C=O) groups is 1. The molecule has 0 aliphatic rings. The minimum Gasteiger partial charge on any atom is -0.483 e. The smallest absolute Gasteiger partial charge is 0.277 e. The van der Waals surface area contributed by atoms with E-state index in [2.05, 4.69) is 33.4 Å². The molecule has 1 amide bonds. The van der Waals surface area contributed by atoms with E-state index in [0.717, 1.165) is 40.6 Å². The summed E-state index contributed by atoms with van der Waals surface area (Å²) in [6.07, 6.45) is 2.92. The van der Waals surface area contributed by atoms with Gasteiger partial charge in [0.05, 0.1) is 10.2 Å². The highest BCUT2D eigenvalue weighted by atomic mass is 79.9. The van der Waals surface area contributed by atoms with Crippen molar-refractivity contribution >= 4 is 27.5 Å². The van der Waals surface area contributed by atoms with Crippen molar-refractivity contribution in [2.24, 2.45) is 5.10 Å². The van der Waals surface area contributed by atoms with Crippen molar-refractivity contribution in [1.29, 1.82) is 0 Å². The van der Waals surface area contributed by atoms with Crippen LogP contribution < -0.4 is 10.2 Å². The number of benzene rings is 2. The Kier molecular flexibility index (Phi) is 7.67. The molecular weight excluding hydrogens is 380 g/mol. The van der Waals surface area contributed by atoms with E-state index in [1.165, 1.54) is 0 Å². The van der Waals surface area contributed by atoms with E-state index >= 15 is 0 Å². The molecule has 0 aliphatic carbocycles. The maximum absolute atomic E-state index is 12.0. The summed E-state index contributed by atoms with van der Waals surface area (Å²) in [5, 5.41) is 4.31. The maximum atomic E-state index is 12.0. The summed E-state index contributed by atoms with van der Waals surface area (Å²) >= 11 is 3.43. The molecule has 0 fully saturated rings. The van der Waals surface area contributed by atoms with Crippen LogP contribution in [0.1, 0.15) is 37.3 Å². The van der Waals surface area contributed by atoms with E-state index in [4.69, 9.17) is 4.74 Å². The number of hydrogen-bond donors (Lipinski definition) is 1. The Bertz CT molecular complexity index is 730. The van der Waals surface area contributed by atoms with Crippen LogP contribution in [-0.2, 0) is 4.79 Å². The molecule has 2 rings (SSSR count). The fraction of sp³-hybridized carbons (Fsp3) is 0.300. The number of carbonyl (C=O) groups excluding carboxylic acids is 1. The quantitative estimate of drug-likeness (QED) is 0.506. The number of nitrogens with zero attached hydrogens (tertiary/aromatic N) is 1. The van der Waals surface area contributed by atoms with Gasteiger partial charge in [-0.3, -0.25) is 4.79 Å². The number of rotatable bonds is 8. The summed E-state index contributed by atoms with van der Waals surface area (Å²) in [7, 11) is 0. The Morgan fingerprint density at radius 1 is 1.20 bits per heavy atom. The molecule has 5 heteroatoms. The van der Waals surface area contributed by atoms with Crippen molar-refractivity contribution in [3.05, 3.63) is 64.1 Å². The van der Waals surface area contributed by atoms with E-state index in [0.29, 0.717) is 5.75 Å². The standard InChI is InChI=1S/C20H23BrN2O2/c1-3-4-10-18(16-8-6-5-7-9-16)22-23-20(24)14-25-19-12-11-15(2)13-17(19)21/h5-9,11-13H,3-4,10,14H2,1-2H3,(H,23,24)/b22-18-. The largest absolute Gasteiger partial charge is 0.483 e. The van der Waals surface area contributed by atoms with Crippen LogP contribution in [0.25, 0.3) is 0 Å². The Balaban J connectivity index is 1.96. The monoisotopic (exact) mass is 402 g/mol. The Morgan fingerprint density at radius 2 is 1.96 bits per heavy atom. The predicted octanol–water partition coefficient (Wildman–Crippen LogP) is 4.85. The lowest BCUT2D eigenvalue weighted by atomic mass is 10.1. The molecule has 0 bridgehead atoms. The van der Waals surface area contributed by atoms with Crippen LogP contribution in [0.2, 0.25) is 0 Å². The van der Waals surface area contributed by atoms with Gasteiger partial charge in [0, 0.05) is 0 Å². The number of aryl methyl sites for hydroxylation is 1. The summed E-state index contributed by atoms with van der Waals surface area (Å²) in [6.45, 7) is 4.05. The zero-order valence-corrected chi connectivity index (χ0v) is 16.2. The summed E-state index contributed by atoms with van der Waals surface area (Å²) in [6, 6.07) is 15.6. The number of halogens is 1. The van der Waals surface area contributed by atoms with Crippen molar-refractivity contribution in [1.82, 2.24) is 5.43 Å². The molecule has 0 spiro atoms. The number of nitrogens with one attached hydrogen (secondary N) is 1. The third-order valence-corrected chi connectivity index (χ3v) is 4.26. The number of hydrazone groups is 1. The van der Waals surface area contributed by atoms with Crippen molar-refractivity contribution < 1.29 is 9.53 Å². The molecule has 0 aliphatic heterocycles. The molecule has 0 unspecified atom stereocenters. The molecule has 0 saturated carbocycles. The highest BCUT2D eigenvalue weighted by Crippen LogP contribution is 2.25. The van der Waals surface area contributed by atoms with Crippen LogP contribution in [0, 0.1) is 6.92 Å². The van der Waals surface area contributed by atoms with Gasteiger partial charge in [-0.1, -0.05) is 49.7 Å². The third-order valence-electron chi connectivity index (χ3n) is 3.64. The predicted molar refractivity (Wildman–Crippen MR) is 105 cm³/mol. The maximum Gasteiger partial charge on any atom is 0.277 e. The second-order valence-electron chi connectivity index (χ2n) is 5.79. The highest BCUT2D eigenvalue weighted by molar-refractivity contribution is 9.10. The summed E-state index contributed by atoms with van der Waals surface area (Å²) in [4.78, 5) is 12.0. The van der Waals surface area contributed by atoms with E-state index in [-0.39, 0.29) is 12.5 Å². The molecule has 0 atom stereocenters. The Labute approximate surface area is 157 Å². The highest BCUT2D eigenvalue weighted by Gasteiger charge is 2.07. The number of hydrogen-bond acceptors (Lipinski definition) is 3. The third kappa shape index (κ3) is 6.35. The van der Waals surface area contributed by atoms with Gasteiger partial charge in [0.1, 0.15) is 5.75 Å². The van der Waals surface area contributed by atoms with Gasteiger partial charge in [-0.25, -0.2) is 5.43 Å². The van der Waals surface area contributed by atoms with Crippen LogP contribution in [0.3, 0.4) is 0 Å². The van der Waals surface area contributed by atoms with Crippen LogP contribution in [0.15, 0.2) is 58.1 Å². The van der Waals surface area contributed by atoms with Gasteiger partial charge in [0.25, 0.3) is 5.91 Å². The SMILES string of the molecule is CCCC/C(=N/NC(=O)COc1ccc(C)cc1Br)c1ccccc1. The topological polar surface area (TPSA) is 50.7 Å². The van der Waals surface area contributed by atoms with Gasteiger partial charge in [0.2, 0.25) is 0 Å². The van der Waals surface area contributed by atoms with Crippen LogP contribution in [0.4, 0.5) is 0 Å². The van der Waals surface area contributed by atoms with E-state index in [1.54, 1.807) is 0 Å². The Morgan fingerprint density at radius 3 is 2.64 bits per heavy atom. The second kappa shape index (κ2) is 9.99. The summed E-state index contributed by atoms with van der Waals surface area (Å²) in [5.74, 6) is 0.358. The molecule has 25 heavy (non-hydrogen) atoms. The lowest BCUT2D eigenvalue weighted by Gasteiger charge is -2.09. The van der Waals surface area contributed by atoms with Crippen LogP contribution in [0.5, 0.6) is 5.75 Å². The fourth-order valence-electron chi connectivity index (χ4n) is 2.27. The molecule has 132 valence electrons. The van der Waals surface area contributed by atoms with Gasteiger partial charge >= 0.3 is 0 Å². The molecule has 1 N–H and O–H groups in total. The average Bonchev–Trinajstić information content (AvgIpc) is 2.62. The molecule has 4 nitrogen and oxygen atoms in total. The normalized spacial score (nSPS) is 11.2. The molecule has 0 heterocycles. The molecular formula is C20H23BrN2O2. The fourth-order valence-corrected chi connectivity index (χ4v) is 2.88. The first-order valence-electron chi connectivity index (χ1n) is 8.40. The number of amides is 1. The van der Waals surface area contributed by atoms with Gasteiger partial charge in [-0.05, 0) is 59.0 Å². The van der Waals surface area contributed by atoms with Gasteiger partial charge in [0.15, 0.2) is 6.61 Å². The van der Waals surface area contributed by atoms with Crippen molar-refractivity contribution in [2.45, 2.75) is 33.1 Å². The summed E-state index contributed by atoms with van der Waals surface area (Å²) < 4.78 is 6.37. The first-order valence-corrected chi connectivity index (χ1v) is 9.19. The lowest BCUT2D eigenvalue weighted by Crippen LogP contribution is -2.26. The van der Waals surface area contributed by atoms with Crippen molar-refractivity contribution in [2.75, 3.05) is 6.61 Å². The molecule has 2 aromatic carbocycles. The zero-order chi connectivity index (χ0) is 18.1. The minimum absolute atomic E-state index is 0.0823. The first kappa shape index (κ1) is 19.2. The van der Waals surface area contributed by atoms with Gasteiger partial charge < -0.3 is 4.74 Å². The van der Waals surface area contributed by atoms with E-state index in [9.17, 15) is 4.79 Å². The first-order chi connectivity index (χ1) is 12.1. The minimum atomic E-state index is -0.280. The van der Waals surface area contributed by atoms with Gasteiger partial charge in [-0.2, -0.15) is 5.10 Å². The number of ether oxygens (including phenoxy) is 1. The van der Waals surface area contributed by atoms with Crippen LogP contribution in [-0.4, -0.2) is 18.2 Å². The Hall–Kier alpha value is -2.14. The zero-order valence-electron chi connectivity index (χ0n) is 14.6.